The third-order valence-electron chi connectivity index (χ3n) is 4.78. The highest BCUT2D eigenvalue weighted by Crippen LogP contribution is 2.34. The van der Waals surface area contributed by atoms with Gasteiger partial charge in [0, 0.05) is 18.7 Å². The van der Waals surface area contributed by atoms with Crippen LogP contribution in [0.15, 0.2) is 18.2 Å². The quantitative estimate of drug-likeness (QED) is 0.863. The van der Waals surface area contributed by atoms with Crippen molar-refractivity contribution >= 4 is 22.4 Å². The molecule has 1 aromatic carbocycles. The van der Waals surface area contributed by atoms with E-state index in [4.69, 9.17) is 14.2 Å². The maximum absolute atomic E-state index is 12.8. The van der Waals surface area contributed by atoms with Crippen LogP contribution in [0.1, 0.15) is 20.9 Å². The predicted octanol–water partition coefficient (Wildman–Crippen LogP) is 2.03. The van der Waals surface area contributed by atoms with Crippen molar-refractivity contribution in [2.75, 3.05) is 44.9 Å². The third-order valence-corrected chi connectivity index (χ3v) is 6.00. The Morgan fingerprint density at radius 3 is 2.96 bits per heavy atom. The number of para-hydroxylation sites is 1. The molecular formula is C19H23N3O4S. The number of anilines is 1. The van der Waals surface area contributed by atoms with Gasteiger partial charge in [0.25, 0.3) is 5.91 Å². The van der Waals surface area contributed by atoms with Crippen LogP contribution in [0.2, 0.25) is 0 Å². The lowest BCUT2D eigenvalue weighted by Crippen LogP contribution is -2.42. The number of ether oxygens (including phenoxy) is 3. The van der Waals surface area contributed by atoms with Crippen molar-refractivity contribution in [3.8, 4) is 11.5 Å². The first-order valence-corrected chi connectivity index (χ1v) is 9.87. The van der Waals surface area contributed by atoms with Gasteiger partial charge in [-0.15, -0.1) is 0 Å². The Bertz CT molecular complexity index is 832. The summed E-state index contributed by atoms with van der Waals surface area (Å²) >= 11 is 1.44. The molecule has 1 unspecified atom stereocenters. The molecule has 3 heterocycles. The fraction of sp³-hybridized carbons (Fsp3) is 0.474. The van der Waals surface area contributed by atoms with Gasteiger partial charge in [0.2, 0.25) is 0 Å². The smallest absolute Gasteiger partial charge is 0.263 e. The van der Waals surface area contributed by atoms with Crippen molar-refractivity contribution in [3.05, 3.63) is 34.3 Å². The highest BCUT2D eigenvalue weighted by molar-refractivity contribution is 7.17. The third kappa shape index (κ3) is 3.72. The average molecular weight is 389 g/mol. The van der Waals surface area contributed by atoms with Gasteiger partial charge < -0.3 is 24.4 Å². The van der Waals surface area contributed by atoms with Crippen LogP contribution in [0.4, 0.5) is 5.13 Å². The normalized spacial score (nSPS) is 19.2. The molecule has 27 heavy (non-hydrogen) atoms. The van der Waals surface area contributed by atoms with E-state index >= 15 is 0 Å². The van der Waals surface area contributed by atoms with E-state index in [1.54, 1.807) is 7.11 Å². The van der Waals surface area contributed by atoms with E-state index in [0.717, 1.165) is 41.0 Å². The largest absolute Gasteiger partial charge is 0.493 e. The lowest BCUT2D eigenvalue weighted by molar-refractivity contribution is 0.0918. The van der Waals surface area contributed by atoms with Gasteiger partial charge in [-0.05, 0) is 19.4 Å². The monoisotopic (exact) mass is 389 g/mol. The zero-order valence-electron chi connectivity index (χ0n) is 15.5. The summed E-state index contributed by atoms with van der Waals surface area (Å²) in [5.41, 5.74) is 1.80. The number of hydrogen-bond donors (Lipinski definition) is 1. The number of benzene rings is 1. The molecule has 2 aromatic rings. The Labute approximate surface area is 162 Å². The Morgan fingerprint density at radius 1 is 1.37 bits per heavy atom. The minimum atomic E-state index is -0.0931. The SMILES string of the molecule is COc1cccc2c1OCC(NC(=O)c1sc(N3CCOCC3)nc1C)C2. The fourth-order valence-electron chi connectivity index (χ4n) is 3.38. The highest BCUT2D eigenvalue weighted by atomic mass is 32.1. The van der Waals surface area contributed by atoms with Crippen molar-refractivity contribution in [1.29, 1.82) is 0 Å². The van der Waals surface area contributed by atoms with Gasteiger partial charge in [-0.2, -0.15) is 0 Å². The number of rotatable bonds is 4. The molecule has 0 bridgehead atoms. The summed E-state index contributed by atoms with van der Waals surface area (Å²) in [6.45, 7) is 5.32. The molecule has 1 aromatic heterocycles. The van der Waals surface area contributed by atoms with E-state index in [1.807, 2.05) is 25.1 Å². The molecule has 4 rings (SSSR count). The standard InChI is InChI=1S/C19H23N3O4S/c1-12-17(27-19(20-12)22-6-8-25-9-7-22)18(23)21-14-10-13-4-3-5-15(24-2)16(13)26-11-14/h3-5,14H,6-11H2,1-2H3,(H,21,23). The van der Waals surface area contributed by atoms with Crippen LogP contribution in [-0.2, 0) is 11.2 Å². The van der Waals surface area contributed by atoms with E-state index in [2.05, 4.69) is 15.2 Å². The van der Waals surface area contributed by atoms with Crippen molar-refractivity contribution in [3.63, 3.8) is 0 Å². The van der Waals surface area contributed by atoms with Crippen LogP contribution in [0.25, 0.3) is 0 Å². The second kappa shape index (κ2) is 7.74. The lowest BCUT2D eigenvalue weighted by atomic mass is 10.0. The number of methoxy groups -OCH3 is 1. The first kappa shape index (κ1) is 18.1. The molecular weight excluding hydrogens is 366 g/mol. The zero-order valence-corrected chi connectivity index (χ0v) is 16.3. The van der Waals surface area contributed by atoms with Gasteiger partial charge in [-0.1, -0.05) is 23.5 Å². The maximum Gasteiger partial charge on any atom is 0.263 e. The van der Waals surface area contributed by atoms with Crippen LogP contribution >= 0.6 is 11.3 Å². The van der Waals surface area contributed by atoms with Gasteiger partial charge in [-0.3, -0.25) is 4.79 Å². The molecule has 144 valence electrons. The Hall–Kier alpha value is -2.32. The first-order valence-electron chi connectivity index (χ1n) is 9.05. The summed E-state index contributed by atoms with van der Waals surface area (Å²) in [4.78, 5) is 20.2. The number of nitrogens with one attached hydrogen (secondary N) is 1. The van der Waals surface area contributed by atoms with E-state index in [1.165, 1.54) is 11.3 Å². The number of hydrogen-bond acceptors (Lipinski definition) is 7. The molecule has 0 radical (unpaired) electrons. The summed E-state index contributed by atoms with van der Waals surface area (Å²) in [6.07, 6.45) is 0.715. The van der Waals surface area contributed by atoms with Crippen LogP contribution in [0, 0.1) is 6.92 Å². The molecule has 0 saturated carbocycles. The second-order valence-corrected chi connectivity index (χ2v) is 7.62. The van der Waals surface area contributed by atoms with Crippen molar-refractivity contribution < 1.29 is 19.0 Å². The van der Waals surface area contributed by atoms with Gasteiger partial charge in [-0.25, -0.2) is 4.98 Å². The average Bonchev–Trinajstić information content (AvgIpc) is 3.10. The van der Waals surface area contributed by atoms with Crippen LogP contribution in [0.5, 0.6) is 11.5 Å². The molecule has 0 spiro atoms. The van der Waals surface area contributed by atoms with E-state index < -0.39 is 0 Å². The van der Waals surface area contributed by atoms with E-state index in [9.17, 15) is 4.79 Å². The minimum absolute atomic E-state index is 0.0783. The molecule has 0 aliphatic carbocycles. The van der Waals surface area contributed by atoms with Gasteiger partial charge in [0.05, 0.1) is 32.1 Å². The van der Waals surface area contributed by atoms with Crippen molar-refractivity contribution in [2.24, 2.45) is 0 Å². The zero-order chi connectivity index (χ0) is 18.8. The minimum Gasteiger partial charge on any atom is -0.493 e. The Balaban J connectivity index is 1.44. The summed E-state index contributed by atoms with van der Waals surface area (Å²) < 4.78 is 16.6. The second-order valence-electron chi connectivity index (χ2n) is 6.64. The predicted molar refractivity (Wildman–Crippen MR) is 103 cm³/mol. The molecule has 1 atom stereocenters. The Morgan fingerprint density at radius 2 is 2.19 bits per heavy atom. The van der Waals surface area contributed by atoms with Gasteiger partial charge in [0.1, 0.15) is 11.5 Å². The topological polar surface area (TPSA) is 72.9 Å². The van der Waals surface area contributed by atoms with Crippen LogP contribution < -0.4 is 19.7 Å². The van der Waals surface area contributed by atoms with Crippen molar-refractivity contribution in [1.82, 2.24) is 10.3 Å². The number of carbonyl (C=O) groups excluding carboxylic acids is 1. The molecule has 2 aliphatic heterocycles. The van der Waals surface area contributed by atoms with E-state index in [0.29, 0.717) is 31.1 Å². The maximum atomic E-state index is 12.8. The Kier molecular flexibility index (Phi) is 5.18. The van der Waals surface area contributed by atoms with Gasteiger partial charge >= 0.3 is 0 Å². The number of thiazole rings is 1. The number of nitrogens with zero attached hydrogens (tertiary/aromatic N) is 2. The van der Waals surface area contributed by atoms with E-state index in [-0.39, 0.29) is 11.9 Å². The summed E-state index contributed by atoms with van der Waals surface area (Å²) in [6, 6.07) is 5.74. The highest BCUT2D eigenvalue weighted by Gasteiger charge is 2.26. The van der Waals surface area contributed by atoms with Gasteiger partial charge in [0.15, 0.2) is 16.6 Å². The number of amides is 1. The first-order chi connectivity index (χ1) is 13.2. The summed E-state index contributed by atoms with van der Waals surface area (Å²) in [7, 11) is 1.63. The fourth-order valence-corrected chi connectivity index (χ4v) is 4.40. The number of fused-ring (bicyclic) bond motifs is 1. The lowest BCUT2D eigenvalue weighted by Gasteiger charge is -2.27. The molecule has 7 nitrogen and oxygen atoms in total. The number of aryl methyl sites for hydroxylation is 1. The molecule has 2 aliphatic rings. The molecule has 1 amide bonds. The van der Waals surface area contributed by atoms with Crippen LogP contribution in [0.3, 0.4) is 0 Å². The molecule has 8 heteroatoms. The van der Waals surface area contributed by atoms with Crippen LogP contribution in [-0.4, -0.2) is 57.0 Å². The molecule has 1 fully saturated rings. The number of carbonyl (C=O) groups is 1. The number of morpholine rings is 1. The molecule has 1 N–H and O–H groups in total. The molecule has 1 saturated heterocycles. The number of aromatic nitrogens is 1. The van der Waals surface area contributed by atoms with Crippen molar-refractivity contribution in [2.45, 2.75) is 19.4 Å². The summed E-state index contributed by atoms with van der Waals surface area (Å²) in [5.74, 6) is 1.41. The summed E-state index contributed by atoms with van der Waals surface area (Å²) in [5, 5.41) is 3.98.